The lowest BCUT2D eigenvalue weighted by Gasteiger charge is -2.04. The Bertz CT molecular complexity index is 710. The van der Waals surface area contributed by atoms with Gasteiger partial charge in [-0.1, -0.05) is 18.2 Å². The summed E-state index contributed by atoms with van der Waals surface area (Å²) in [6.07, 6.45) is 3.05. The maximum absolute atomic E-state index is 12.8. The summed E-state index contributed by atoms with van der Waals surface area (Å²) in [4.78, 5) is 11.8. The van der Waals surface area contributed by atoms with E-state index < -0.39 is 0 Å². The van der Waals surface area contributed by atoms with Crippen LogP contribution in [0.2, 0.25) is 0 Å². The average Bonchev–Trinajstić information content (AvgIpc) is 3.00. The van der Waals surface area contributed by atoms with Gasteiger partial charge in [-0.3, -0.25) is 4.79 Å². The molecule has 5 heteroatoms. The van der Waals surface area contributed by atoms with Crippen molar-refractivity contribution in [2.45, 2.75) is 6.54 Å². The van der Waals surface area contributed by atoms with Gasteiger partial charge in [0, 0.05) is 12.6 Å². The number of ether oxygens (including phenoxy) is 2. The summed E-state index contributed by atoms with van der Waals surface area (Å²) in [6.45, 7) is 0.620. The Hall–Kier alpha value is -2.82. The predicted molar refractivity (Wildman–Crippen MR) is 79.8 cm³/mol. The smallest absolute Gasteiger partial charge is 0.244 e. The monoisotopic (exact) mass is 299 g/mol. The van der Waals surface area contributed by atoms with Crippen LogP contribution in [0, 0.1) is 5.82 Å². The molecular formula is C17H14FNO3. The predicted octanol–water partition coefficient (Wildman–Crippen LogP) is 2.88. The number of carbonyl (C=O) groups excluding carboxylic acids is 1. The molecule has 0 saturated heterocycles. The second-order valence-electron chi connectivity index (χ2n) is 4.79. The molecule has 1 aliphatic rings. The van der Waals surface area contributed by atoms with Gasteiger partial charge in [-0.05, 0) is 41.5 Å². The van der Waals surface area contributed by atoms with Gasteiger partial charge in [-0.2, -0.15) is 0 Å². The zero-order valence-corrected chi connectivity index (χ0v) is 11.7. The number of amides is 1. The molecule has 0 aromatic heterocycles. The summed E-state index contributed by atoms with van der Waals surface area (Å²) in [5, 5.41) is 2.78. The molecule has 0 aliphatic carbocycles. The van der Waals surface area contributed by atoms with Crippen molar-refractivity contribution in [1.82, 2.24) is 5.32 Å². The van der Waals surface area contributed by atoms with Crippen LogP contribution >= 0.6 is 0 Å². The fourth-order valence-corrected chi connectivity index (χ4v) is 2.04. The van der Waals surface area contributed by atoms with Crippen LogP contribution in [-0.2, 0) is 11.3 Å². The van der Waals surface area contributed by atoms with E-state index in [-0.39, 0.29) is 18.5 Å². The summed E-state index contributed by atoms with van der Waals surface area (Å²) < 4.78 is 23.3. The Morgan fingerprint density at radius 1 is 1.14 bits per heavy atom. The van der Waals surface area contributed by atoms with E-state index in [1.807, 2.05) is 18.2 Å². The molecule has 1 aliphatic heterocycles. The number of fused-ring (bicyclic) bond motifs is 1. The second kappa shape index (κ2) is 6.30. The SMILES string of the molecule is O=C(C=Cc1ccc(F)cc1)NCc1ccc2c(c1)OCO2. The topological polar surface area (TPSA) is 47.6 Å². The molecule has 1 N–H and O–H groups in total. The van der Waals surface area contributed by atoms with Gasteiger partial charge >= 0.3 is 0 Å². The molecule has 0 spiro atoms. The van der Waals surface area contributed by atoms with Crippen LogP contribution in [0.25, 0.3) is 6.08 Å². The molecule has 22 heavy (non-hydrogen) atoms. The summed E-state index contributed by atoms with van der Waals surface area (Å²) in [5.41, 5.74) is 1.69. The minimum Gasteiger partial charge on any atom is -0.454 e. The Morgan fingerprint density at radius 3 is 2.73 bits per heavy atom. The first-order chi connectivity index (χ1) is 10.7. The quantitative estimate of drug-likeness (QED) is 0.883. The summed E-state index contributed by atoms with van der Waals surface area (Å²) >= 11 is 0. The van der Waals surface area contributed by atoms with Gasteiger partial charge in [0.25, 0.3) is 0 Å². The molecule has 112 valence electrons. The summed E-state index contributed by atoms with van der Waals surface area (Å²) in [7, 11) is 0. The van der Waals surface area contributed by atoms with Crippen molar-refractivity contribution < 1.29 is 18.7 Å². The first-order valence-electron chi connectivity index (χ1n) is 6.81. The molecule has 0 bridgehead atoms. The maximum Gasteiger partial charge on any atom is 0.244 e. The zero-order chi connectivity index (χ0) is 15.4. The minimum absolute atomic E-state index is 0.220. The van der Waals surface area contributed by atoms with Crippen molar-refractivity contribution in [3.05, 3.63) is 65.5 Å². The lowest BCUT2D eigenvalue weighted by atomic mass is 10.2. The van der Waals surface area contributed by atoms with Gasteiger partial charge in [0.05, 0.1) is 0 Å². The minimum atomic E-state index is -0.301. The van der Waals surface area contributed by atoms with Gasteiger partial charge < -0.3 is 14.8 Å². The lowest BCUT2D eigenvalue weighted by Crippen LogP contribution is -2.20. The number of halogens is 1. The fourth-order valence-electron chi connectivity index (χ4n) is 2.04. The highest BCUT2D eigenvalue weighted by Crippen LogP contribution is 2.32. The maximum atomic E-state index is 12.8. The molecule has 0 saturated carbocycles. The Balaban J connectivity index is 1.55. The van der Waals surface area contributed by atoms with Gasteiger partial charge in [0.1, 0.15) is 5.82 Å². The largest absolute Gasteiger partial charge is 0.454 e. The van der Waals surface area contributed by atoms with Crippen LogP contribution in [0.3, 0.4) is 0 Å². The van der Waals surface area contributed by atoms with E-state index in [4.69, 9.17) is 9.47 Å². The number of hydrogen-bond acceptors (Lipinski definition) is 3. The van der Waals surface area contributed by atoms with E-state index in [9.17, 15) is 9.18 Å². The van der Waals surface area contributed by atoms with Crippen LogP contribution < -0.4 is 14.8 Å². The molecular weight excluding hydrogens is 285 g/mol. The first kappa shape index (κ1) is 14.1. The molecule has 1 amide bonds. The lowest BCUT2D eigenvalue weighted by molar-refractivity contribution is -0.116. The number of benzene rings is 2. The molecule has 0 unspecified atom stereocenters. The third kappa shape index (κ3) is 3.44. The van der Waals surface area contributed by atoms with E-state index in [1.54, 1.807) is 18.2 Å². The fraction of sp³-hybridized carbons (Fsp3) is 0.118. The van der Waals surface area contributed by atoms with Crippen molar-refractivity contribution in [1.29, 1.82) is 0 Å². The molecule has 0 fully saturated rings. The Labute approximate surface area is 127 Å². The van der Waals surface area contributed by atoms with Crippen LogP contribution in [0.1, 0.15) is 11.1 Å². The average molecular weight is 299 g/mol. The van der Waals surface area contributed by atoms with E-state index >= 15 is 0 Å². The Kier molecular flexibility index (Phi) is 4.05. The van der Waals surface area contributed by atoms with Gasteiger partial charge in [0.2, 0.25) is 12.7 Å². The molecule has 2 aromatic carbocycles. The Morgan fingerprint density at radius 2 is 1.91 bits per heavy atom. The molecule has 4 nitrogen and oxygen atoms in total. The number of rotatable bonds is 4. The number of nitrogens with one attached hydrogen (secondary N) is 1. The van der Waals surface area contributed by atoms with Crippen LogP contribution in [0.4, 0.5) is 4.39 Å². The molecule has 3 rings (SSSR count). The molecule has 2 aromatic rings. The van der Waals surface area contributed by atoms with E-state index in [1.165, 1.54) is 18.2 Å². The number of hydrogen-bond donors (Lipinski definition) is 1. The van der Waals surface area contributed by atoms with Crippen molar-refractivity contribution in [3.63, 3.8) is 0 Å². The van der Waals surface area contributed by atoms with Crippen LogP contribution in [0.5, 0.6) is 11.5 Å². The summed E-state index contributed by atoms with van der Waals surface area (Å²) in [5.74, 6) is 0.881. The van der Waals surface area contributed by atoms with Gasteiger partial charge in [-0.15, -0.1) is 0 Å². The third-order valence-electron chi connectivity index (χ3n) is 3.20. The van der Waals surface area contributed by atoms with Crippen LogP contribution in [-0.4, -0.2) is 12.7 Å². The van der Waals surface area contributed by atoms with Gasteiger partial charge in [-0.25, -0.2) is 4.39 Å². The van der Waals surface area contributed by atoms with Crippen molar-refractivity contribution in [3.8, 4) is 11.5 Å². The number of carbonyl (C=O) groups is 1. The van der Waals surface area contributed by atoms with Crippen molar-refractivity contribution in [2.75, 3.05) is 6.79 Å². The van der Waals surface area contributed by atoms with Crippen molar-refractivity contribution >= 4 is 12.0 Å². The third-order valence-corrected chi connectivity index (χ3v) is 3.20. The zero-order valence-electron chi connectivity index (χ0n) is 11.7. The molecule has 0 radical (unpaired) electrons. The standard InChI is InChI=1S/C17H14FNO3/c18-14-5-1-12(2-6-14)4-8-17(20)19-10-13-3-7-15-16(9-13)22-11-21-15/h1-9H,10-11H2,(H,19,20). The molecule has 1 heterocycles. The normalized spacial score (nSPS) is 12.6. The highest BCUT2D eigenvalue weighted by Gasteiger charge is 2.13. The van der Waals surface area contributed by atoms with Crippen LogP contribution in [0.15, 0.2) is 48.5 Å². The summed E-state index contributed by atoms with van der Waals surface area (Å²) in [6, 6.07) is 11.4. The van der Waals surface area contributed by atoms with E-state index in [0.717, 1.165) is 11.1 Å². The molecule has 0 atom stereocenters. The van der Waals surface area contributed by atoms with Gasteiger partial charge in [0.15, 0.2) is 11.5 Å². The first-order valence-corrected chi connectivity index (χ1v) is 6.81. The second-order valence-corrected chi connectivity index (χ2v) is 4.79. The van der Waals surface area contributed by atoms with E-state index in [0.29, 0.717) is 18.0 Å². The highest BCUT2D eigenvalue weighted by molar-refractivity contribution is 5.91. The highest BCUT2D eigenvalue weighted by atomic mass is 19.1. The van der Waals surface area contributed by atoms with E-state index in [2.05, 4.69) is 5.32 Å². The van der Waals surface area contributed by atoms with Crippen molar-refractivity contribution in [2.24, 2.45) is 0 Å².